The SMILES string of the molecule is N[C@@H]1CCCC[C@H]1NC(=O)C12CC3CC(CC(C3)C1)C2. The molecule has 0 saturated heterocycles. The average molecular weight is 276 g/mol. The van der Waals surface area contributed by atoms with E-state index in [1.54, 1.807) is 0 Å². The van der Waals surface area contributed by atoms with Crippen molar-refractivity contribution in [3.05, 3.63) is 0 Å². The van der Waals surface area contributed by atoms with E-state index in [1.165, 1.54) is 32.1 Å². The predicted octanol–water partition coefficient (Wildman–Crippen LogP) is 2.59. The topological polar surface area (TPSA) is 55.1 Å². The van der Waals surface area contributed by atoms with E-state index in [9.17, 15) is 4.79 Å². The maximum absolute atomic E-state index is 12.9. The first-order valence-electron chi connectivity index (χ1n) is 8.71. The van der Waals surface area contributed by atoms with Gasteiger partial charge in [-0.05, 0) is 69.1 Å². The van der Waals surface area contributed by atoms with Crippen LogP contribution in [0.5, 0.6) is 0 Å². The zero-order chi connectivity index (χ0) is 13.7. The highest BCUT2D eigenvalue weighted by Gasteiger charge is 2.54. The summed E-state index contributed by atoms with van der Waals surface area (Å²) in [6.45, 7) is 0. The Morgan fingerprint density at radius 3 is 2.05 bits per heavy atom. The fourth-order valence-electron chi connectivity index (χ4n) is 6.05. The molecule has 5 aliphatic rings. The lowest BCUT2D eigenvalue weighted by Gasteiger charge is -2.56. The van der Waals surface area contributed by atoms with Crippen molar-refractivity contribution in [3.63, 3.8) is 0 Å². The monoisotopic (exact) mass is 276 g/mol. The molecular formula is C17H28N2O. The van der Waals surface area contributed by atoms with E-state index in [4.69, 9.17) is 5.73 Å². The van der Waals surface area contributed by atoms with Gasteiger partial charge in [0.1, 0.15) is 0 Å². The van der Waals surface area contributed by atoms with Gasteiger partial charge < -0.3 is 11.1 Å². The van der Waals surface area contributed by atoms with Gasteiger partial charge in [-0.1, -0.05) is 12.8 Å². The molecule has 0 aromatic rings. The first-order chi connectivity index (χ1) is 9.64. The van der Waals surface area contributed by atoms with Crippen molar-refractivity contribution in [3.8, 4) is 0 Å². The van der Waals surface area contributed by atoms with Crippen LogP contribution < -0.4 is 11.1 Å². The molecule has 4 bridgehead atoms. The van der Waals surface area contributed by atoms with Crippen LogP contribution in [-0.2, 0) is 4.79 Å². The average Bonchev–Trinajstić information content (AvgIpc) is 2.40. The Hall–Kier alpha value is -0.570. The van der Waals surface area contributed by atoms with Gasteiger partial charge in [-0.2, -0.15) is 0 Å². The summed E-state index contributed by atoms with van der Waals surface area (Å²) in [6, 6.07) is 0.422. The van der Waals surface area contributed by atoms with Crippen LogP contribution in [0.2, 0.25) is 0 Å². The lowest BCUT2D eigenvalue weighted by molar-refractivity contribution is -0.147. The van der Waals surface area contributed by atoms with Gasteiger partial charge in [0, 0.05) is 17.5 Å². The number of nitrogens with two attached hydrogens (primary N) is 1. The number of rotatable bonds is 2. The smallest absolute Gasteiger partial charge is 0.226 e. The summed E-state index contributed by atoms with van der Waals surface area (Å²) in [4.78, 5) is 12.9. The summed E-state index contributed by atoms with van der Waals surface area (Å²) in [5, 5.41) is 3.36. The molecule has 20 heavy (non-hydrogen) atoms. The summed E-state index contributed by atoms with van der Waals surface area (Å²) in [5.41, 5.74) is 6.20. The maximum atomic E-state index is 12.9. The molecule has 112 valence electrons. The number of hydrogen-bond donors (Lipinski definition) is 2. The zero-order valence-electron chi connectivity index (χ0n) is 12.4. The minimum absolute atomic E-state index is 0.00802. The van der Waals surface area contributed by atoms with Crippen LogP contribution in [-0.4, -0.2) is 18.0 Å². The van der Waals surface area contributed by atoms with Crippen molar-refractivity contribution in [1.29, 1.82) is 0 Å². The van der Waals surface area contributed by atoms with E-state index >= 15 is 0 Å². The van der Waals surface area contributed by atoms with Crippen molar-refractivity contribution >= 4 is 5.91 Å². The lowest BCUT2D eigenvalue weighted by Crippen LogP contribution is -2.58. The van der Waals surface area contributed by atoms with Gasteiger partial charge in [-0.3, -0.25) is 4.79 Å². The number of carbonyl (C=O) groups is 1. The summed E-state index contributed by atoms with van der Waals surface area (Å²) in [7, 11) is 0. The molecule has 1 amide bonds. The lowest BCUT2D eigenvalue weighted by atomic mass is 9.49. The molecule has 0 heterocycles. The number of amides is 1. The van der Waals surface area contributed by atoms with Gasteiger partial charge in [-0.25, -0.2) is 0 Å². The van der Waals surface area contributed by atoms with Crippen LogP contribution in [0, 0.1) is 23.2 Å². The largest absolute Gasteiger partial charge is 0.351 e. The Labute approximate surface area is 122 Å². The molecule has 0 spiro atoms. The highest BCUT2D eigenvalue weighted by Crippen LogP contribution is 2.60. The van der Waals surface area contributed by atoms with Gasteiger partial charge in [0.15, 0.2) is 0 Å². The van der Waals surface area contributed by atoms with E-state index in [0.717, 1.165) is 49.9 Å². The molecule has 0 aromatic carbocycles. The molecule has 5 fully saturated rings. The molecule has 0 unspecified atom stereocenters. The Balaban J connectivity index is 1.48. The maximum Gasteiger partial charge on any atom is 0.226 e. The highest BCUT2D eigenvalue weighted by atomic mass is 16.2. The van der Waals surface area contributed by atoms with E-state index in [2.05, 4.69) is 5.32 Å². The molecule has 0 aromatic heterocycles. The first-order valence-corrected chi connectivity index (χ1v) is 8.71. The number of nitrogens with one attached hydrogen (secondary N) is 1. The molecule has 3 N–H and O–H groups in total. The predicted molar refractivity (Wildman–Crippen MR) is 79.0 cm³/mol. The Kier molecular flexibility index (Phi) is 3.10. The molecule has 2 atom stereocenters. The quantitative estimate of drug-likeness (QED) is 0.814. The van der Waals surface area contributed by atoms with Crippen molar-refractivity contribution in [2.75, 3.05) is 0 Å². The fourth-order valence-corrected chi connectivity index (χ4v) is 6.05. The molecule has 0 radical (unpaired) electrons. The van der Waals surface area contributed by atoms with E-state index in [-0.39, 0.29) is 17.5 Å². The van der Waals surface area contributed by atoms with Crippen LogP contribution in [0.25, 0.3) is 0 Å². The molecule has 3 nitrogen and oxygen atoms in total. The van der Waals surface area contributed by atoms with E-state index in [1.807, 2.05) is 0 Å². The third-order valence-corrected chi connectivity index (χ3v) is 6.66. The standard InChI is InChI=1S/C17H28N2O/c18-14-3-1-2-4-15(14)19-16(20)17-8-11-5-12(9-17)7-13(6-11)10-17/h11-15H,1-10,18H2,(H,19,20)/t11?,12?,13?,14-,15-,17?/m1/s1. The molecule has 5 saturated carbocycles. The highest BCUT2D eigenvalue weighted by molar-refractivity contribution is 5.83. The molecular weight excluding hydrogens is 248 g/mol. The van der Waals surface area contributed by atoms with Gasteiger partial charge >= 0.3 is 0 Å². The van der Waals surface area contributed by atoms with E-state index < -0.39 is 0 Å². The Bertz CT molecular complexity index is 371. The summed E-state index contributed by atoms with van der Waals surface area (Å²) >= 11 is 0. The number of hydrogen-bond acceptors (Lipinski definition) is 2. The second kappa shape index (κ2) is 4.72. The van der Waals surface area contributed by atoms with Gasteiger partial charge in [0.2, 0.25) is 5.91 Å². The second-order valence-corrected chi connectivity index (χ2v) is 8.23. The molecule has 5 rings (SSSR count). The van der Waals surface area contributed by atoms with Crippen molar-refractivity contribution in [1.82, 2.24) is 5.32 Å². The Morgan fingerprint density at radius 2 is 1.50 bits per heavy atom. The third-order valence-electron chi connectivity index (χ3n) is 6.66. The third kappa shape index (κ3) is 2.09. The Morgan fingerprint density at radius 1 is 0.950 bits per heavy atom. The van der Waals surface area contributed by atoms with Crippen LogP contribution in [0.3, 0.4) is 0 Å². The van der Waals surface area contributed by atoms with Crippen LogP contribution >= 0.6 is 0 Å². The molecule has 5 aliphatic carbocycles. The summed E-state index contributed by atoms with van der Waals surface area (Å²) < 4.78 is 0. The summed E-state index contributed by atoms with van der Waals surface area (Å²) in [6.07, 6.45) is 12.3. The molecule has 0 aliphatic heterocycles. The first kappa shape index (κ1) is 13.1. The van der Waals surface area contributed by atoms with Crippen molar-refractivity contribution in [2.24, 2.45) is 28.9 Å². The number of carbonyl (C=O) groups excluding carboxylic acids is 1. The minimum Gasteiger partial charge on any atom is -0.351 e. The van der Waals surface area contributed by atoms with Crippen molar-refractivity contribution in [2.45, 2.75) is 76.3 Å². The van der Waals surface area contributed by atoms with Crippen LogP contribution in [0.15, 0.2) is 0 Å². The van der Waals surface area contributed by atoms with Crippen LogP contribution in [0.1, 0.15) is 64.2 Å². The fraction of sp³-hybridized carbons (Fsp3) is 0.941. The molecule has 3 heteroatoms. The van der Waals surface area contributed by atoms with Crippen molar-refractivity contribution < 1.29 is 4.79 Å². The normalized spacial score (nSPS) is 50.1. The van der Waals surface area contributed by atoms with Gasteiger partial charge in [-0.15, -0.1) is 0 Å². The zero-order valence-corrected chi connectivity index (χ0v) is 12.4. The van der Waals surface area contributed by atoms with E-state index in [0.29, 0.717) is 5.91 Å². The van der Waals surface area contributed by atoms with Crippen LogP contribution in [0.4, 0.5) is 0 Å². The minimum atomic E-state index is -0.00802. The second-order valence-electron chi connectivity index (χ2n) is 8.23. The summed E-state index contributed by atoms with van der Waals surface area (Å²) in [5.74, 6) is 2.88. The van der Waals surface area contributed by atoms with Gasteiger partial charge in [0.25, 0.3) is 0 Å². The van der Waals surface area contributed by atoms with Gasteiger partial charge in [0.05, 0.1) is 0 Å².